The largest absolute Gasteiger partial charge is 0.475 e. The highest BCUT2D eigenvalue weighted by molar-refractivity contribution is 7.91. The summed E-state index contributed by atoms with van der Waals surface area (Å²) in [6.45, 7) is 0. The Hall–Kier alpha value is -1.87. The number of nitrogens with zero attached hydrogens (tertiary/aromatic N) is 1. The molecule has 2 rings (SSSR count). The van der Waals surface area contributed by atoms with Crippen LogP contribution in [0.25, 0.3) is 0 Å². The van der Waals surface area contributed by atoms with E-state index in [1.807, 2.05) is 0 Å². The summed E-state index contributed by atoms with van der Waals surface area (Å²) in [5, 5.41) is 13.5. The molecule has 156 valence electrons. The van der Waals surface area contributed by atoms with Crippen LogP contribution in [0.15, 0.2) is 28.0 Å². The van der Waals surface area contributed by atoms with Crippen LogP contribution in [0.5, 0.6) is 0 Å². The van der Waals surface area contributed by atoms with Crippen LogP contribution in [0.3, 0.4) is 0 Å². The highest BCUT2D eigenvalue weighted by Gasteiger charge is 2.39. The molecule has 1 aliphatic heterocycles. The Balaban J connectivity index is 2.17. The Labute approximate surface area is 161 Å². The van der Waals surface area contributed by atoms with Crippen molar-refractivity contribution in [3.05, 3.63) is 28.3 Å². The molecule has 1 amide bonds. The topological polar surface area (TPSA) is 141 Å². The molecule has 1 N–H and O–H groups in total. The van der Waals surface area contributed by atoms with Gasteiger partial charge in [0.1, 0.15) is 10.6 Å². The van der Waals surface area contributed by atoms with E-state index in [4.69, 9.17) is 0 Å². The minimum Gasteiger partial charge on any atom is -0.352 e. The van der Waals surface area contributed by atoms with Gasteiger partial charge in [0.25, 0.3) is 5.69 Å². The zero-order valence-electron chi connectivity index (χ0n) is 13.8. The van der Waals surface area contributed by atoms with Crippen molar-refractivity contribution in [1.29, 1.82) is 0 Å². The molecule has 3 atom stereocenters. The number of sulfone groups is 1. The van der Waals surface area contributed by atoms with Gasteiger partial charge in [-0.25, -0.2) is 12.6 Å². The third kappa shape index (κ3) is 5.57. The first kappa shape index (κ1) is 22.4. The normalized spacial score (nSPS) is 21.0. The van der Waals surface area contributed by atoms with E-state index in [0.29, 0.717) is 12.1 Å². The van der Waals surface area contributed by atoms with Crippen LogP contribution in [0, 0.1) is 10.1 Å². The van der Waals surface area contributed by atoms with Crippen molar-refractivity contribution in [3.8, 4) is 0 Å². The maximum Gasteiger partial charge on any atom is 0.475 e. The van der Waals surface area contributed by atoms with Crippen molar-refractivity contribution >= 4 is 43.0 Å². The number of nitrogens with one attached hydrogen (secondary N) is 1. The van der Waals surface area contributed by atoms with Crippen LogP contribution in [-0.4, -0.2) is 56.5 Å². The average molecular weight is 462 g/mol. The number of carbonyl (C=O) groups is 1. The monoisotopic (exact) mass is 462 g/mol. The summed E-state index contributed by atoms with van der Waals surface area (Å²) in [6, 6.07) is 1.17. The molecular formula is C13H13F3N2O7S3. The fourth-order valence-corrected chi connectivity index (χ4v) is 5.87. The van der Waals surface area contributed by atoms with Crippen LogP contribution in [0.2, 0.25) is 0 Å². The quantitative estimate of drug-likeness (QED) is 0.483. The van der Waals surface area contributed by atoms with Gasteiger partial charge in [0, 0.05) is 12.1 Å². The van der Waals surface area contributed by atoms with Gasteiger partial charge < -0.3 is 5.32 Å². The van der Waals surface area contributed by atoms with Crippen LogP contribution in [-0.2, 0) is 36.2 Å². The van der Waals surface area contributed by atoms with E-state index >= 15 is 0 Å². The van der Waals surface area contributed by atoms with Gasteiger partial charge in [-0.05, 0) is 18.6 Å². The average Bonchev–Trinajstić information content (AvgIpc) is 2.90. The van der Waals surface area contributed by atoms with E-state index in [1.165, 1.54) is 0 Å². The lowest BCUT2D eigenvalue weighted by molar-refractivity contribution is -0.388. The van der Waals surface area contributed by atoms with E-state index < -0.39 is 75.0 Å². The summed E-state index contributed by atoms with van der Waals surface area (Å²) < 4.78 is 83.9. The van der Waals surface area contributed by atoms with E-state index in [0.717, 1.165) is 6.07 Å². The number of halogens is 3. The van der Waals surface area contributed by atoms with Crippen molar-refractivity contribution < 1.29 is 39.7 Å². The Morgan fingerprint density at radius 2 is 1.96 bits per heavy atom. The van der Waals surface area contributed by atoms with Crippen LogP contribution < -0.4 is 5.32 Å². The molecule has 0 aliphatic carbocycles. The molecule has 3 unspecified atom stereocenters. The molecule has 0 aromatic heterocycles. The zero-order valence-corrected chi connectivity index (χ0v) is 16.3. The number of benzene rings is 1. The summed E-state index contributed by atoms with van der Waals surface area (Å²) in [4.78, 5) is 20.5. The summed E-state index contributed by atoms with van der Waals surface area (Å²) in [5.74, 6) is -1.95. The number of amides is 1. The molecule has 0 saturated carbocycles. The number of hydrogen-bond acceptors (Lipinski definition) is 7. The van der Waals surface area contributed by atoms with E-state index in [2.05, 4.69) is 5.32 Å². The molecule has 0 bridgehead atoms. The Morgan fingerprint density at radius 1 is 1.32 bits per heavy atom. The molecule has 1 aromatic rings. The molecule has 0 spiro atoms. The molecule has 28 heavy (non-hydrogen) atoms. The Bertz CT molecular complexity index is 963. The highest BCUT2D eigenvalue weighted by Crippen LogP contribution is 2.31. The van der Waals surface area contributed by atoms with Gasteiger partial charge in [-0.2, -0.15) is 13.2 Å². The standard InChI is InChI=1S/C13H13F3N2O7S3/c14-13(15,16)27(23)9-1-2-11(10(5-9)18(20)21)26(22)6-12(19)17-8-3-4-28(24,25)7-8/h1-2,5,8H,3-4,6-7H2,(H,17,19). The van der Waals surface area contributed by atoms with Crippen LogP contribution >= 0.6 is 0 Å². The molecule has 1 heterocycles. The predicted molar refractivity (Wildman–Crippen MR) is 92.0 cm³/mol. The third-order valence-corrected chi connectivity index (χ3v) is 7.89. The fourth-order valence-electron chi connectivity index (χ4n) is 2.46. The zero-order chi connectivity index (χ0) is 21.3. The number of rotatable bonds is 6. The SMILES string of the molecule is O=C(CS(=O)c1ccc(S(=O)C(F)(F)F)cc1[N+](=O)[O-])NC1CCS(=O)(=O)C1. The van der Waals surface area contributed by atoms with Gasteiger partial charge in [-0.15, -0.1) is 0 Å². The van der Waals surface area contributed by atoms with Crippen molar-refractivity contribution in [1.82, 2.24) is 5.32 Å². The lowest BCUT2D eigenvalue weighted by atomic mass is 10.3. The molecule has 1 fully saturated rings. The lowest BCUT2D eigenvalue weighted by Gasteiger charge is -2.11. The van der Waals surface area contributed by atoms with Gasteiger partial charge in [0.15, 0.2) is 20.6 Å². The number of nitro benzene ring substituents is 1. The summed E-state index contributed by atoms with van der Waals surface area (Å²) in [6.07, 6.45) is 0.179. The van der Waals surface area contributed by atoms with Gasteiger partial charge in [-0.3, -0.25) is 19.1 Å². The van der Waals surface area contributed by atoms with E-state index in [-0.39, 0.29) is 17.9 Å². The van der Waals surface area contributed by atoms with Crippen molar-refractivity contribution in [3.63, 3.8) is 0 Å². The van der Waals surface area contributed by atoms with Gasteiger partial charge in [0.05, 0.1) is 32.1 Å². The number of carbonyl (C=O) groups excluding carboxylic acids is 1. The summed E-state index contributed by atoms with van der Waals surface area (Å²) in [5.41, 5.74) is -6.10. The number of nitro groups is 1. The second-order valence-corrected chi connectivity index (χ2v) is 10.9. The Morgan fingerprint density at radius 3 is 2.46 bits per heavy atom. The second kappa shape index (κ2) is 8.24. The summed E-state index contributed by atoms with van der Waals surface area (Å²) in [7, 11) is -9.07. The van der Waals surface area contributed by atoms with Crippen molar-refractivity contribution in [2.75, 3.05) is 17.3 Å². The number of alkyl halides is 3. The molecule has 9 nitrogen and oxygen atoms in total. The van der Waals surface area contributed by atoms with Gasteiger partial charge >= 0.3 is 5.51 Å². The summed E-state index contributed by atoms with van der Waals surface area (Å²) >= 11 is 0. The molecule has 1 saturated heterocycles. The molecule has 15 heteroatoms. The van der Waals surface area contributed by atoms with Gasteiger partial charge in [0.2, 0.25) is 5.91 Å². The van der Waals surface area contributed by atoms with Crippen molar-refractivity contribution in [2.45, 2.75) is 27.8 Å². The molecule has 1 aromatic carbocycles. The minimum absolute atomic E-state index is 0.107. The van der Waals surface area contributed by atoms with Crippen molar-refractivity contribution in [2.24, 2.45) is 0 Å². The smallest absolute Gasteiger partial charge is 0.352 e. The third-order valence-electron chi connectivity index (χ3n) is 3.66. The van der Waals surface area contributed by atoms with E-state index in [9.17, 15) is 44.9 Å². The molecule has 1 aliphatic rings. The second-order valence-electron chi connectivity index (χ2n) is 5.76. The fraction of sp³-hybridized carbons (Fsp3) is 0.462. The Kier molecular flexibility index (Phi) is 6.60. The van der Waals surface area contributed by atoms with Crippen LogP contribution in [0.4, 0.5) is 18.9 Å². The minimum atomic E-state index is -5.13. The first-order valence-electron chi connectivity index (χ1n) is 7.45. The maximum absolute atomic E-state index is 12.5. The predicted octanol–water partition coefficient (Wildman–Crippen LogP) is 0.633. The van der Waals surface area contributed by atoms with Gasteiger partial charge in [-0.1, -0.05) is 0 Å². The maximum atomic E-state index is 12.5. The highest BCUT2D eigenvalue weighted by atomic mass is 32.2. The van der Waals surface area contributed by atoms with Crippen LogP contribution in [0.1, 0.15) is 6.42 Å². The molecule has 0 radical (unpaired) electrons. The first-order valence-corrected chi connectivity index (χ1v) is 11.7. The first-order chi connectivity index (χ1) is 12.8. The number of hydrogen-bond donors (Lipinski definition) is 1. The van der Waals surface area contributed by atoms with E-state index in [1.54, 1.807) is 0 Å². The lowest BCUT2D eigenvalue weighted by Crippen LogP contribution is -2.38. The molecular weight excluding hydrogens is 449 g/mol.